The molecule has 3 amide bonds. The van der Waals surface area contributed by atoms with Crippen LogP contribution in [0.15, 0.2) is 53.1 Å². The van der Waals surface area contributed by atoms with E-state index >= 15 is 0 Å². The first-order chi connectivity index (χ1) is 15.9. The van der Waals surface area contributed by atoms with Crippen LogP contribution in [0.25, 0.3) is 11.3 Å². The Morgan fingerprint density at radius 1 is 1.03 bits per heavy atom. The zero-order chi connectivity index (χ0) is 24.2. The Labute approximate surface area is 197 Å². The van der Waals surface area contributed by atoms with E-state index in [1.807, 2.05) is 24.3 Å². The maximum atomic E-state index is 12.2. The summed E-state index contributed by atoms with van der Waals surface area (Å²) in [4.78, 5) is 43.1. The third-order valence-electron chi connectivity index (χ3n) is 4.04. The molecule has 3 aromatic rings. The van der Waals surface area contributed by atoms with Crippen LogP contribution in [0.2, 0.25) is 5.28 Å². The number of furan rings is 1. The number of benzene rings is 1. The van der Waals surface area contributed by atoms with Crippen LogP contribution in [-0.4, -0.2) is 41.3 Å². The minimum atomic E-state index is -0.489. The van der Waals surface area contributed by atoms with E-state index < -0.39 is 5.91 Å². The number of likely N-dealkylation sites (N-methyl/N-ethyl adjacent to an activating group) is 1. The molecule has 9 nitrogen and oxygen atoms in total. The monoisotopic (exact) mass is 471 g/mol. The Morgan fingerprint density at radius 3 is 2.48 bits per heavy atom. The van der Waals surface area contributed by atoms with Crippen molar-refractivity contribution in [2.75, 3.05) is 13.6 Å². The second-order valence-electron chi connectivity index (χ2n) is 6.82. The lowest BCUT2D eigenvalue weighted by molar-refractivity contribution is -0.119. The van der Waals surface area contributed by atoms with Gasteiger partial charge in [0, 0.05) is 25.4 Å². The second kappa shape index (κ2) is 13.0. The lowest BCUT2D eigenvalue weighted by Crippen LogP contribution is -2.34. The number of amides is 3. The number of rotatable bonds is 7. The van der Waals surface area contributed by atoms with Crippen molar-refractivity contribution in [1.82, 2.24) is 25.9 Å². The summed E-state index contributed by atoms with van der Waals surface area (Å²) in [5.74, 6) is -0.604. The zero-order valence-electron chi connectivity index (χ0n) is 18.6. The topological polar surface area (TPSA) is 126 Å². The van der Waals surface area contributed by atoms with Crippen molar-refractivity contribution >= 4 is 29.3 Å². The Bertz CT molecular complexity index is 1100. The molecule has 3 N–H and O–H groups in total. The van der Waals surface area contributed by atoms with Gasteiger partial charge in [-0.3, -0.25) is 14.4 Å². The maximum Gasteiger partial charge on any atom is 0.287 e. The highest BCUT2D eigenvalue weighted by atomic mass is 35.5. The Morgan fingerprint density at radius 2 is 1.79 bits per heavy atom. The predicted molar refractivity (Wildman–Crippen MR) is 125 cm³/mol. The molecule has 0 atom stereocenters. The van der Waals surface area contributed by atoms with Crippen molar-refractivity contribution in [3.8, 4) is 11.3 Å². The van der Waals surface area contributed by atoms with E-state index in [9.17, 15) is 14.4 Å². The third kappa shape index (κ3) is 8.04. The normalized spacial score (nSPS) is 9.94. The molecule has 0 spiro atoms. The van der Waals surface area contributed by atoms with Gasteiger partial charge in [0.1, 0.15) is 11.5 Å². The van der Waals surface area contributed by atoms with E-state index in [2.05, 4.69) is 39.8 Å². The van der Waals surface area contributed by atoms with Crippen molar-refractivity contribution in [1.29, 1.82) is 0 Å². The minimum absolute atomic E-state index is 0.00219. The standard InChI is InChI=1S/C20H18ClN5O4.C3H8/c1-22-17(27)11-25-19(29)16-6-5-15(30-16)13-4-2-3-12(9-13)10-24-18(28)14-7-8-23-20(21)26-14;1-3-2/h2-9H,10-11H2,1H3,(H,22,27)(H,24,28)(H,25,29);3H2,1-2H3. The molecule has 0 unspecified atom stereocenters. The highest BCUT2D eigenvalue weighted by Crippen LogP contribution is 2.23. The number of nitrogens with one attached hydrogen (secondary N) is 3. The SMILES string of the molecule is CCC.CNC(=O)CNC(=O)c1ccc(-c2cccc(CNC(=O)c3ccnc(Cl)n3)c2)o1. The van der Waals surface area contributed by atoms with E-state index in [0.29, 0.717) is 5.76 Å². The first-order valence-electron chi connectivity index (χ1n) is 10.3. The van der Waals surface area contributed by atoms with Crippen molar-refractivity contribution in [3.05, 3.63) is 71.0 Å². The zero-order valence-corrected chi connectivity index (χ0v) is 19.4. The summed E-state index contributed by atoms with van der Waals surface area (Å²) >= 11 is 5.70. The molecule has 174 valence electrons. The quantitative estimate of drug-likeness (QED) is 0.454. The van der Waals surface area contributed by atoms with Crippen LogP contribution in [-0.2, 0) is 11.3 Å². The largest absolute Gasteiger partial charge is 0.451 e. The molecule has 0 fully saturated rings. The number of aromatic nitrogens is 2. The van der Waals surface area contributed by atoms with Crippen molar-refractivity contribution in [2.45, 2.75) is 26.8 Å². The first kappa shape index (κ1) is 25.5. The van der Waals surface area contributed by atoms with Crippen LogP contribution in [0, 0.1) is 0 Å². The third-order valence-corrected chi connectivity index (χ3v) is 4.22. The van der Waals surface area contributed by atoms with Gasteiger partial charge in [-0.15, -0.1) is 0 Å². The molecule has 0 aliphatic carbocycles. The fourth-order valence-corrected chi connectivity index (χ4v) is 2.67. The van der Waals surface area contributed by atoms with Gasteiger partial charge in [-0.05, 0) is 41.4 Å². The van der Waals surface area contributed by atoms with Gasteiger partial charge in [0.05, 0.1) is 6.54 Å². The number of hydrogen-bond acceptors (Lipinski definition) is 6. The molecular weight excluding hydrogens is 446 g/mol. The van der Waals surface area contributed by atoms with Crippen LogP contribution in [0.1, 0.15) is 46.9 Å². The van der Waals surface area contributed by atoms with Gasteiger partial charge in [0.25, 0.3) is 11.8 Å². The van der Waals surface area contributed by atoms with Gasteiger partial charge >= 0.3 is 0 Å². The molecule has 0 radical (unpaired) electrons. The van der Waals surface area contributed by atoms with Crippen molar-refractivity contribution in [3.63, 3.8) is 0 Å². The average Bonchev–Trinajstić information content (AvgIpc) is 3.32. The van der Waals surface area contributed by atoms with E-state index in [-0.39, 0.29) is 41.6 Å². The Hall–Kier alpha value is -3.72. The fourth-order valence-electron chi connectivity index (χ4n) is 2.52. The molecule has 2 heterocycles. The van der Waals surface area contributed by atoms with E-state index in [0.717, 1.165) is 11.1 Å². The van der Waals surface area contributed by atoms with E-state index in [1.54, 1.807) is 6.07 Å². The van der Waals surface area contributed by atoms with Crippen LogP contribution < -0.4 is 16.0 Å². The number of hydrogen-bond donors (Lipinski definition) is 3. The molecule has 1 aromatic carbocycles. The number of carbonyl (C=O) groups is 3. The summed E-state index contributed by atoms with van der Waals surface area (Å²) in [6, 6.07) is 12.0. The molecule has 33 heavy (non-hydrogen) atoms. The lowest BCUT2D eigenvalue weighted by atomic mass is 10.1. The van der Waals surface area contributed by atoms with Crippen LogP contribution in [0.5, 0.6) is 0 Å². The molecule has 2 aromatic heterocycles. The van der Waals surface area contributed by atoms with Crippen molar-refractivity contribution < 1.29 is 18.8 Å². The maximum absolute atomic E-state index is 12.2. The van der Waals surface area contributed by atoms with Gasteiger partial charge in [-0.1, -0.05) is 38.5 Å². The highest BCUT2D eigenvalue weighted by Gasteiger charge is 2.14. The number of carbonyl (C=O) groups excluding carboxylic acids is 3. The molecule has 3 rings (SSSR count). The lowest BCUT2D eigenvalue weighted by Gasteiger charge is -2.06. The summed E-state index contributed by atoms with van der Waals surface area (Å²) < 4.78 is 5.60. The van der Waals surface area contributed by atoms with Crippen LogP contribution >= 0.6 is 11.6 Å². The van der Waals surface area contributed by atoms with E-state index in [4.69, 9.17) is 16.0 Å². The highest BCUT2D eigenvalue weighted by molar-refractivity contribution is 6.28. The molecule has 0 aliphatic rings. The van der Waals surface area contributed by atoms with Gasteiger partial charge < -0.3 is 20.4 Å². The number of halogens is 1. The number of nitrogens with zero attached hydrogens (tertiary/aromatic N) is 2. The van der Waals surface area contributed by atoms with Gasteiger partial charge in [-0.2, -0.15) is 0 Å². The molecule has 0 aliphatic heterocycles. The minimum Gasteiger partial charge on any atom is -0.451 e. The Kier molecular flexibility index (Phi) is 10.0. The van der Waals surface area contributed by atoms with Gasteiger partial charge in [-0.25, -0.2) is 9.97 Å². The molecular formula is C23H26ClN5O4. The van der Waals surface area contributed by atoms with Gasteiger partial charge in [0.15, 0.2) is 5.76 Å². The molecule has 0 bridgehead atoms. The van der Waals surface area contributed by atoms with Crippen LogP contribution in [0.3, 0.4) is 0 Å². The summed E-state index contributed by atoms with van der Waals surface area (Å²) in [5.41, 5.74) is 1.73. The first-order valence-corrected chi connectivity index (χ1v) is 10.7. The van der Waals surface area contributed by atoms with Gasteiger partial charge in [0.2, 0.25) is 11.2 Å². The summed E-state index contributed by atoms with van der Waals surface area (Å²) in [6.07, 6.45) is 2.66. The van der Waals surface area contributed by atoms with Crippen LogP contribution in [0.4, 0.5) is 0 Å². The molecule has 0 saturated carbocycles. The smallest absolute Gasteiger partial charge is 0.287 e. The summed E-state index contributed by atoms with van der Waals surface area (Å²) in [6.45, 7) is 4.37. The average molecular weight is 472 g/mol. The van der Waals surface area contributed by atoms with Crippen molar-refractivity contribution in [2.24, 2.45) is 0 Å². The fraction of sp³-hybridized carbons (Fsp3) is 0.261. The predicted octanol–water partition coefficient (Wildman–Crippen LogP) is 3.21. The molecule has 0 saturated heterocycles. The second-order valence-corrected chi connectivity index (χ2v) is 7.16. The summed E-state index contributed by atoms with van der Waals surface area (Å²) in [5, 5.41) is 7.64. The molecule has 10 heteroatoms. The van der Waals surface area contributed by atoms with E-state index in [1.165, 1.54) is 31.8 Å². The Balaban J connectivity index is 0.00000122. The summed E-state index contributed by atoms with van der Waals surface area (Å²) in [7, 11) is 1.48.